The van der Waals surface area contributed by atoms with Crippen molar-refractivity contribution >= 4 is 21.9 Å². The molecular formula is C27H23FN8O. The summed E-state index contributed by atoms with van der Waals surface area (Å²) in [7, 11) is 3.93. The number of hydrogen-bond acceptors (Lipinski definition) is 7. The summed E-state index contributed by atoms with van der Waals surface area (Å²) in [6, 6.07) is 12.4. The average molecular weight is 495 g/mol. The zero-order valence-corrected chi connectivity index (χ0v) is 20.2. The van der Waals surface area contributed by atoms with Gasteiger partial charge >= 0.3 is 0 Å². The Morgan fingerprint density at radius 2 is 1.89 bits per heavy atom. The van der Waals surface area contributed by atoms with E-state index in [0.29, 0.717) is 46.3 Å². The maximum atomic E-state index is 14.5. The van der Waals surface area contributed by atoms with Gasteiger partial charge < -0.3 is 14.6 Å². The summed E-state index contributed by atoms with van der Waals surface area (Å²) >= 11 is 0. The van der Waals surface area contributed by atoms with Gasteiger partial charge in [0.15, 0.2) is 5.82 Å². The van der Waals surface area contributed by atoms with Crippen molar-refractivity contribution in [1.82, 2.24) is 40.0 Å². The maximum absolute atomic E-state index is 14.5. The van der Waals surface area contributed by atoms with Crippen LogP contribution in [0.15, 0.2) is 67.3 Å². The first-order valence-electron chi connectivity index (χ1n) is 11.7. The van der Waals surface area contributed by atoms with Crippen LogP contribution in [0.25, 0.3) is 56.0 Å². The van der Waals surface area contributed by atoms with Crippen LogP contribution in [0.1, 0.15) is 0 Å². The average Bonchev–Trinajstić information content (AvgIpc) is 3.52. The Morgan fingerprint density at radius 1 is 0.973 bits per heavy atom. The lowest BCUT2D eigenvalue weighted by Gasteiger charge is -2.12. The second-order valence-corrected chi connectivity index (χ2v) is 8.89. The lowest BCUT2D eigenvalue weighted by Crippen LogP contribution is -2.19. The Balaban J connectivity index is 1.41. The summed E-state index contributed by atoms with van der Waals surface area (Å²) in [4.78, 5) is 23.2. The molecule has 37 heavy (non-hydrogen) atoms. The van der Waals surface area contributed by atoms with E-state index >= 15 is 0 Å². The summed E-state index contributed by atoms with van der Waals surface area (Å²) in [6.07, 6.45) is 6.63. The van der Waals surface area contributed by atoms with Crippen LogP contribution in [0.2, 0.25) is 0 Å². The molecule has 0 spiro atoms. The molecule has 2 N–H and O–H groups in total. The second kappa shape index (κ2) is 9.40. The smallest absolute Gasteiger partial charge is 0.159 e. The summed E-state index contributed by atoms with van der Waals surface area (Å²) in [5.41, 5.74) is 5.76. The predicted octanol–water partition coefficient (Wildman–Crippen LogP) is 4.70. The van der Waals surface area contributed by atoms with Crippen molar-refractivity contribution in [3.05, 3.63) is 73.1 Å². The molecule has 0 aliphatic carbocycles. The van der Waals surface area contributed by atoms with Crippen LogP contribution in [0.4, 0.5) is 4.39 Å². The molecule has 6 aromatic rings. The molecule has 10 heteroatoms. The first kappa shape index (κ1) is 22.7. The van der Waals surface area contributed by atoms with Crippen LogP contribution in [0, 0.1) is 5.82 Å². The van der Waals surface area contributed by atoms with E-state index in [0.717, 1.165) is 28.5 Å². The number of benzene rings is 2. The first-order chi connectivity index (χ1) is 18.0. The molecule has 2 aromatic carbocycles. The van der Waals surface area contributed by atoms with Gasteiger partial charge in [-0.25, -0.2) is 9.37 Å². The largest absolute Gasteiger partial charge is 0.492 e. The highest BCUT2D eigenvalue weighted by atomic mass is 19.1. The number of H-pyrrole nitrogens is 2. The van der Waals surface area contributed by atoms with Gasteiger partial charge in [0.05, 0.1) is 34.6 Å². The molecular weight excluding hydrogens is 471 g/mol. The summed E-state index contributed by atoms with van der Waals surface area (Å²) in [6.45, 7) is 1.19. The molecule has 0 amide bonds. The van der Waals surface area contributed by atoms with Gasteiger partial charge in [-0.1, -0.05) is 12.1 Å². The van der Waals surface area contributed by atoms with Gasteiger partial charge in [0.1, 0.15) is 29.6 Å². The van der Waals surface area contributed by atoms with E-state index in [1.807, 2.05) is 49.3 Å². The van der Waals surface area contributed by atoms with Gasteiger partial charge in [-0.15, -0.1) is 0 Å². The van der Waals surface area contributed by atoms with Gasteiger partial charge in [-0.05, 0) is 43.9 Å². The first-order valence-corrected chi connectivity index (χ1v) is 11.7. The van der Waals surface area contributed by atoms with E-state index in [4.69, 9.17) is 9.72 Å². The zero-order chi connectivity index (χ0) is 25.4. The number of likely N-dealkylation sites (N-methyl/N-ethyl adjacent to an activating group) is 1. The third-order valence-electron chi connectivity index (χ3n) is 6.00. The van der Waals surface area contributed by atoms with Crippen LogP contribution < -0.4 is 4.74 Å². The molecule has 0 unspecified atom stereocenters. The quantitative estimate of drug-likeness (QED) is 0.331. The van der Waals surface area contributed by atoms with E-state index in [1.54, 1.807) is 24.8 Å². The summed E-state index contributed by atoms with van der Waals surface area (Å²) in [5.74, 6) is 0.697. The van der Waals surface area contributed by atoms with Crippen molar-refractivity contribution in [2.45, 2.75) is 0 Å². The third-order valence-corrected chi connectivity index (χ3v) is 6.00. The number of aromatic amines is 2. The van der Waals surface area contributed by atoms with E-state index in [9.17, 15) is 4.39 Å². The second-order valence-electron chi connectivity index (χ2n) is 8.89. The maximum Gasteiger partial charge on any atom is 0.159 e. The Hall–Kier alpha value is -4.70. The topological polar surface area (TPSA) is 108 Å². The fraction of sp³-hybridized carbons (Fsp3) is 0.148. The Labute approximate surface area is 211 Å². The standard InChI is InChI=1S/C27H23FN8O/c1-36(2)8-9-37-18-11-16(10-17(28)12-18)19-4-3-5-21-25(19)33-27(32-21)26-20-13-22(24-14-29-6-7-30-24)31-15-23(20)34-35-26/h3-7,10-15H,8-9H2,1-2H3,(H,32,33)(H,34,35). The number of hydrogen-bond donors (Lipinski definition) is 2. The molecule has 0 aliphatic heterocycles. The van der Waals surface area contributed by atoms with Crippen molar-refractivity contribution in [3.63, 3.8) is 0 Å². The van der Waals surface area contributed by atoms with E-state index in [2.05, 4.69) is 30.1 Å². The molecule has 6 rings (SSSR count). The number of para-hydroxylation sites is 1. The molecule has 9 nitrogen and oxygen atoms in total. The highest BCUT2D eigenvalue weighted by Crippen LogP contribution is 2.34. The Morgan fingerprint density at radius 3 is 2.73 bits per heavy atom. The Kier molecular flexibility index (Phi) is 5.78. The molecule has 4 aromatic heterocycles. The molecule has 0 bridgehead atoms. The minimum atomic E-state index is -0.368. The van der Waals surface area contributed by atoms with Gasteiger partial charge in [0.2, 0.25) is 0 Å². The molecule has 0 saturated heterocycles. The van der Waals surface area contributed by atoms with E-state index < -0.39 is 0 Å². The molecule has 0 radical (unpaired) electrons. The molecule has 0 atom stereocenters. The highest BCUT2D eigenvalue weighted by molar-refractivity contribution is 5.97. The number of nitrogens with one attached hydrogen (secondary N) is 2. The van der Waals surface area contributed by atoms with Gasteiger partial charge in [-0.3, -0.25) is 20.1 Å². The van der Waals surface area contributed by atoms with Crippen LogP contribution in [-0.4, -0.2) is 67.3 Å². The van der Waals surface area contributed by atoms with Crippen LogP contribution in [0.3, 0.4) is 0 Å². The third kappa shape index (κ3) is 4.50. The van der Waals surface area contributed by atoms with Crippen LogP contribution in [0.5, 0.6) is 5.75 Å². The fourth-order valence-corrected chi connectivity index (χ4v) is 4.19. The van der Waals surface area contributed by atoms with Crippen LogP contribution in [-0.2, 0) is 0 Å². The molecule has 0 saturated carbocycles. The fourth-order valence-electron chi connectivity index (χ4n) is 4.19. The van der Waals surface area contributed by atoms with Crippen molar-refractivity contribution in [1.29, 1.82) is 0 Å². The number of rotatable bonds is 7. The molecule has 4 heterocycles. The summed E-state index contributed by atoms with van der Waals surface area (Å²) < 4.78 is 20.3. The monoisotopic (exact) mass is 494 g/mol. The highest BCUT2D eigenvalue weighted by Gasteiger charge is 2.17. The minimum Gasteiger partial charge on any atom is -0.492 e. The van der Waals surface area contributed by atoms with E-state index in [-0.39, 0.29) is 5.82 Å². The number of pyridine rings is 1. The summed E-state index contributed by atoms with van der Waals surface area (Å²) in [5, 5.41) is 8.36. The number of halogens is 1. The predicted molar refractivity (Wildman–Crippen MR) is 139 cm³/mol. The van der Waals surface area contributed by atoms with Gasteiger partial charge in [0.25, 0.3) is 0 Å². The van der Waals surface area contributed by atoms with Crippen molar-refractivity contribution in [2.75, 3.05) is 27.2 Å². The lowest BCUT2D eigenvalue weighted by molar-refractivity contribution is 0.260. The zero-order valence-electron chi connectivity index (χ0n) is 20.2. The normalized spacial score (nSPS) is 11.6. The van der Waals surface area contributed by atoms with Gasteiger partial charge in [-0.2, -0.15) is 5.10 Å². The number of imidazole rings is 1. The SMILES string of the molecule is CN(C)CCOc1cc(F)cc(-c2cccc3[nH]c(-c4n[nH]c5cnc(-c6cnccn6)cc45)nc23)c1. The Bertz CT molecular complexity index is 1710. The molecule has 184 valence electrons. The van der Waals surface area contributed by atoms with Crippen molar-refractivity contribution < 1.29 is 9.13 Å². The molecule has 0 aliphatic rings. The minimum absolute atomic E-state index is 0.368. The van der Waals surface area contributed by atoms with Gasteiger partial charge in [0, 0.05) is 36.0 Å². The van der Waals surface area contributed by atoms with E-state index in [1.165, 1.54) is 12.1 Å². The van der Waals surface area contributed by atoms with Crippen LogP contribution >= 0.6 is 0 Å². The van der Waals surface area contributed by atoms with Crippen molar-refractivity contribution in [3.8, 4) is 39.8 Å². The number of ether oxygens (including phenoxy) is 1. The number of aromatic nitrogens is 7. The van der Waals surface area contributed by atoms with Crippen molar-refractivity contribution in [2.24, 2.45) is 0 Å². The molecule has 0 fully saturated rings. The number of fused-ring (bicyclic) bond motifs is 2. The lowest BCUT2D eigenvalue weighted by atomic mass is 10.0. The number of nitrogens with zero attached hydrogens (tertiary/aromatic N) is 6.